The van der Waals surface area contributed by atoms with Crippen LogP contribution in [0.15, 0.2) is 21.5 Å². The highest BCUT2D eigenvalue weighted by Crippen LogP contribution is 2.19. The number of aliphatic imine (C=N–C) groups is 1. The van der Waals surface area contributed by atoms with Gasteiger partial charge in [0.15, 0.2) is 5.96 Å². The first-order chi connectivity index (χ1) is 9.31. The zero-order valence-electron chi connectivity index (χ0n) is 13.7. The summed E-state index contributed by atoms with van der Waals surface area (Å²) in [6.45, 7) is 11.8. The number of nitrogens with zero attached hydrogens (tertiary/aromatic N) is 1. The molecule has 0 saturated carbocycles. The second-order valence-electron chi connectivity index (χ2n) is 6.48. The molecule has 0 radical (unpaired) electrons. The molecule has 0 amide bonds. The summed E-state index contributed by atoms with van der Waals surface area (Å²) in [5.74, 6) is 2.68. The summed E-state index contributed by atoms with van der Waals surface area (Å²) < 4.78 is 5.62. The molecule has 4 heteroatoms. The fourth-order valence-electron chi connectivity index (χ4n) is 1.98. The van der Waals surface area contributed by atoms with Crippen LogP contribution < -0.4 is 10.6 Å². The number of hydrogen-bond donors (Lipinski definition) is 2. The normalized spacial score (nSPS) is 14.2. The zero-order valence-corrected chi connectivity index (χ0v) is 13.7. The van der Waals surface area contributed by atoms with Crippen molar-refractivity contribution < 1.29 is 4.42 Å². The van der Waals surface area contributed by atoms with Crippen molar-refractivity contribution in [2.24, 2.45) is 10.4 Å². The topological polar surface area (TPSA) is 49.6 Å². The predicted molar refractivity (Wildman–Crippen MR) is 85.0 cm³/mol. The molecule has 1 unspecified atom stereocenters. The lowest BCUT2D eigenvalue weighted by molar-refractivity contribution is 0.365. The van der Waals surface area contributed by atoms with Gasteiger partial charge in [0.25, 0.3) is 0 Å². The second kappa shape index (κ2) is 7.36. The lowest BCUT2D eigenvalue weighted by Crippen LogP contribution is -2.39. The summed E-state index contributed by atoms with van der Waals surface area (Å²) in [5, 5.41) is 6.69. The molecule has 1 aromatic rings. The highest BCUT2D eigenvalue weighted by atomic mass is 16.3. The van der Waals surface area contributed by atoms with Crippen molar-refractivity contribution in [1.29, 1.82) is 0 Å². The maximum Gasteiger partial charge on any atom is 0.191 e. The molecule has 0 spiro atoms. The van der Waals surface area contributed by atoms with Gasteiger partial charge in [0.2, 0.25) is 0 Å². The molecule has 0 aliphatic carbocycles. The predicted octanol–water partition coefficient (Wildman–Crippen LogP) is 3.64. The number of guanidine groups is 1. The maximum absolute atomic E-state index is 5.62. The Morgan fingerprint density at radius 3 is 2.55 bits per heavy atom. The minimum atomic E-state index is 0.109. The number of rotatable bonds is 5. The minimum Gasteiger partial charge on any atom is -0.464 e. The molecule has 1 heterocycles. The molecular weight excluding hydrogens is 250 g/mol. The van der Waals surface area contributed by atoms with Crippen LogP contribution in [-0.2, 0) is 0 Å². The Morgan fingerprint density at radius 2 is 2.05 bits per heavy atom. The third-order valence-electron chi connectivity index (χ3n) is 3.16. The Morgan fingerprint density at radius 1 is 1.35 bits per heavy atom. The zero-order chi connectivity index (χ0) is 15.2. The highest BCUT2D eigenvalue weighted by molar-refractivity contribution is 5.79. The van der Waals surface area contributed by atoms with Gasteiger partial charge in [0.1, 0.15) is 11.5 Å². The molecule has 1 atom stereocenters. The molecule has 2 N–H and O–H groups in total. The van der Waals surface area contributed by atoms with E-state index in [0.29, 0.717) is 5.41 Å². The van der Waals surface area contributed by atoms with E-state index in [1.54, 1.807) is 7.05 Å². The van der Waals surface area contributed by atoms with Gasteiger partial charge in [0, 0.05) is 13.6 Å². The first kappa shape index (κ1) is 16.6. The van der Waals surface area contributed by atoms with E-state index in [-0.39, 0.29) is 6.04 Å². The molecule has 1 aromatic heterocycles. The maximum atomic E-state index is 5.62. The number of hydrogen-bond acceptors (Lipinski definition) is 2. The lowest BCUT2D eigenvalue weighted by Gasteiger charge is -2.19. The van der Waals surface area contributed by atoms with Crippen LogP contribution in [0, 0.1) is 12.3 Å². The van der Waals surface area contributed by atoms with Crippen LogP contribution in [0.4, 0.5) is 0 Å². The summed E-state index contributed by atoms with van der Waals surface area (Å²) in [5.41, 5.74) is 0.387. The number of nitrogens with one attached hydrogen (secondary N) is 2. The van der Waals surface area contributed by atoms with E-state index in [0.717, 1.165) is 30.4 Å². The van der Waals surface area contributed by atoms with Gasteiger partial charge in [-0.15, -0.1) is 0 Å². The van der Waals surface area contributed by atoms with Gasteiger partial charge < -0.3 is 15.1 Å². The van der Waals surface area contributed by atoms with Crippen molar-refractivity contribution in [3.05, 3.63) is 23.7 Å². The summed E-state index contributed by atoms with van der Waals surface area (Å²) >= 11 is 0. The van der Waals surface area contributed by atoms with Crippen LogP contribution in [0.25, 0.3) is 0 Å². The molecular formula is C16H29N3O. The highest BCUT2D eigenvalue weighted by Gasteiger charge is 2.12. The molecule has 0 bridgehead atoms. The molecule has 20 heavy (non-hydrogen) atoms. The van der Waals surface area contributed by atoms with Gasteiger partial charge in [-0.05, 0) is 44.2 Å². The average molecular weight is 279 g/mol. The molecule has 1 rings (SSSR count). The van der Waals surface area contributed by atoms with Gasteiger partial charge in [-0.2, -0.15) is 0 Å². The van der Waals surface area contributed by atoms with Gasteiger partial charge in [-0.25, -0.2) is 0 Å². The molecule has 0 aliphatic rings. The molecule has 0 aliphatic heterocycles. The van der Waals surface area contributed by atoms with Crippen molar-refractivity contribution in [3.8, 4) is 0 Å². The quantitative estimate of drug-likeness (QED) is 0.491. The summed E-state index contributed by atoms with van der Waals surface area (Å²) in [6, 6.07) is 4.09. The Hall–Kier alpha value is -1.45. The fraction of sp³-hybridized carbons (Fsp3) is 0.688. The van der Waals surface area contributed by atoms with Crippen LogP contribution in [0.5, 0.6) is 0 Å². The van der Waals surface area contributed by atoms with Gasteiger partial charge >= 0.3 is 0 Å². The summed E-state index contributed by atoms with van der Waals surface area (Å²) in [4.78, 5) is 4.25. The molecule has 0 saturated heterocycles. The van der Waals surface area contributed by atoms with Crippen molar-refractivity contribution in [3.63, 3.8) is 0 Å². The fourth-order valence-corrected chi connectivity index (χ4v) is 1.98. The Kier molecular flexibility index (Phi) is 6.11. The van der Waals surface area contributed by atoms with Crippen LogP contribution in [0.3, 0.4) is 0 Å². The molecule has 4 nitrogen and oxygen atoms in total. The van der Waals surface area contributed by atoms with Crippen LogP contribution >= 0.6 is 0 Å². The first-order valence-electron chi connectivity index (χ1n) is 7.35. The minimum absolute atomic E-state index is 0.109. The molecule has 114 valence electrons. The monoisotopic (exact) mass is 279 g/mol. The number of aryl methyl sites for hydroxylation is 1. The second-order valence-corrected chi connectivity index (χ2v) is 6.48. The summed E-state index contributed by atoms with van der Waals surface area (Å²) in [6.07, 6.45) is 2.34. The number of furan rings is 1. The Balaban J connectivity index is 2.36. The molecule has 0 fully saturated rings. The van der Waals surface area contributed by atoms with E-state index in [2.05, 4.69) is 43.3 Å². The van der Waals surface area contributed by atoms with Crippen molar-refractivity contribution in [1.82, 2.24) is 10.6 Å². The van der Waals surface area contributed by atoms with Gasteiger partial charge in [-0.3, -0.25) is 4.99 Å². The van der Waals surface area contributed by atoms with E-state index >= 15 is 0 Å². The van der Waals surface area contributed by atoms with Crippen LogP contribution in [-0.4, -0.2) is 19.6 Å². The van der Waals surface area contributed by atoms with Gasteiger partial charge in [-0.1, -0.05) is 20.8 Å². The van der Waals surface area contributed by atoms with E-state index in [1.165, 1.54) is 6.42 Å². The van der Waals surface area contributed by atoms with Crippen LogP contribution in [0.2, 0.25) is 0 Å². The third kappa shape index (κ3) is 6.13. The Labute approximate surface area is 123 Å². The largest absolute Gasteiger partial charge is 0.464 e. The van der Waals surface area contributed by atoms with Gasteiger partial charge in [0.05, 0.1) is 6.04 Å². The van der Waals surface area contributed by atoms with E-state index < -0.39 is 0 Å². The molecule has 0 aromatic carbocycles. The first-order valence-corrected chi connectivity index (χ1v) is 7.35. The summed E-state index contributed by atoms with van der Waals surface area (Å²) in [7, 11) is 1.79. The standard InChI is InChI=1S/C16H29N3O/c1-12-8-9-14(20-12)13(2)19-15(17-6)18-11-7-10-16(3,4)5/h8-9,13H,7,10-11H2,1-6H3,(H2,17,18,19). The van der Waals surface area contributed by atoms with E-state index in [4.69, 9.17) is 4.42 Å². The lowest BCUT2D eigenvalue weighted by atomic mass is 9.91. The van der Waals surface area contributed by atoms with Crippen LogP contribution in [0.1, 0.15) is 58.1 Å². The third-order valence-corrected chi connectivity index (χ3v) is 3.16. The smallest absolute Gasteiger partial charge is 0.191 e. The average Bonchev–Trinajstić information content (AvgIpc) is 2.78. The Bertz CT molecular complexity index is 429. The van der Waals surface area contributed by atoms with Crippen molar-refractivity contribution in [2.75, 3.05) is 13.6 Å². The van der Waals surface area contributed by atoms with Crippen molar-refractivity contribution in [2.45, 2.75) is 53.5 Å². The van der Waals surface area contributed by atoms with Crippen molar-refractivity contribution >= 4 is 5.96 Å². The van der Waals surface area contributed by atoms with E-state index in [9.17, 15) is 0 Å². The SMILES string of the molecule is CN=C(NCCCC(C)(C)C)NC(C)c1ccc(C)o1. The van der Waals surface area contributed by atoms with E-state index in [1.807, 2.05) is 19.1 Å².